The largest absolute Gasteiger partial charge is 0.362 e. The van der Waals surface area contributed by atoms with Gasteiger partial charge < -0.3 is 9.80 Å². The summed E-state index contributed by atoms with van der Waals surface area (Å²) < 4.78 is 1.11. The molecule has 1 aromatic heterocycles. The second-order valence-electron chi connectivity index (χ2n) is 5.85. The van der Waals surface area contributed by atoms with Gasteiger partial charge in [0.2, 0.25) is 0 Å². The van der Waals surface area contributed by atoms with Gasteiger partial charge in [-0.1, -0.05) is 11.6 Å². The van der Waals surface area contributed by atoms with Crippen molar-refractivity contribution in [3.05, 3.63) is 61.5 Å². The minimum Gasteiger partial charge on any atom is -0.362 e. The van der Waals surface area contributed by atoms with E-state index in [0.717, 1.165) is 4.68 Å². The Morgan fingerprint density at radius 1 is 1.19 bits per heavy atom. The second kappa shape index (κ2) is 7.12. The number of nitrogens with zero attached hydrogens (tertiary/aromatic N) is 5. The molecule has 10 heteroatoms. The molecule has 9 nitrogen and oxygen atoms in total. The van der Waals surface area contributed by atoms with Crippen molar-refractivity contribution in [3.63, 3.8) is 0 Å². The molecule has 0 unspecified atom stereocenters. The summed E-state index contributed by atoms with van der Waals surface area (Å²) >= 11 is 5.85. The van der Waals surface area contributed by atoms with E-state index in [1.54, 1.807) is 17.0 Å². The fraction of sp³-hybridized carbons (Fsp3) is 0.312. The molecule has 26 heavy (non-hydrogen) atoms. The van der Waals surface area contributed by atoms with E-state index in [4.69, 9.17) is 11.6 Å². The molecule has 1 fully saturated rings. The second-order valence-corrected chi connectivity index (χ2v) is 6.29. The zero-order valence-electron chi connectivity index (χ0n) is 14.0. The molecule has 0 radical (unpaired) electrons. The lowest BCUT2D eigenvalue weighted by Crippen LogP contribution is -2.49. The smallest absolute Gasteiger partial charge is 0.294 e. The maximum Gasteiger partial charge on any atom is 0.294 e. The van der Waals surface area contributed by atoms with Crippen LogP contribution in [-0.2, 0) is 7.05 Å². The van der Waals surface area contributed by atoms with Gasteiger partial charge in [-0.2, -0.15) is 5.10 Å². The van der Waals surface area contributed by atoms with Gasteiger partial charge >= 0.3 is 0 Å². The monoisotopic (exact) mass is 377 g/mol. The Kier molecular flexibility index (Phi) is 4.90. The van der Waals surface area contributed by atoms with Crippen LogP contribution in [0.15, 0.2) is 35.1 Å². The van der Waals surface area contributed by atoms with Gasteiger partial charge in [0.15, 0.2) is 0 Å². The number of hydrogen-bond donors (Lipinski definition) is 0. The van der Waals surface area contributed by atoms with Crippen LogP contribution in [0.1, 0.15) is 10.5 Å². The molecule has 0 spiro atoms. The number of carbonyl (C=O) groups is 1. The number of halogens is 1. The number of aromatic nitrogens is 2. The van der Waals surface area contributed by atoms with Crippen molar-refractivity contribution in [2.24, 2.45) is 7.05 Å². The first-order valence-corrected chi connectivity index (χ1v) is 8.27. The van der Waals surface area contributed by atoms with E-state index in [1.807, 2.05) is 4.90 Å². The van der Waals surface area contributed by atoms with Gasteiger partial charge in [0.1, 0.15) is 11.4 Å². The van der Waals surface area contributed by atoms with Crippen molar-refractivity contribution >= 4 is 28.9 Å². The Labute approximate surface area is 153 Å². The van der Waals surface area contributed by atoms with Crippen molar-refractivity contribution in [2.75, 3.05) is 31.1 Å². The number of hydrogen-bond acceptors (Lipinski definition) is 6. The van der Waals surface area contributed by atoms with Gasteiger partial charge in [-0.3, -0.25) is 19.7 Å². The van der Waals surface area contributed by atoms with Crippen LogP contribution in [0.2, 0.25) is 5.02 Å². The molecule has 0 bridgehead atoms. The molecule has 2 heterocycles. The van der Waals surface area contributed by atoms with E-state index in [-0.39, 0.29) is 22.8 Å². The third-order valence-corrected chi connectivity index (χ3v) is 4.46. The van der Waals surface area contributed by atoms with Crippen LogP contribution in [0, 0.1) is 10.1 Å². The topological polar surface area (TPSA) is 102 Å². The number of rotatable bonds is 3. The molecular formula is C16H16ClN5O4. The van der Waals surface area contributed by atoms with Crippen molar-refractivity contribution in [3.8, 4) is 0 Å². The Morgan fingerprint density at radius 2 is 1.88 bits per heavy atom. The average molecular weight is 378 g/mol. The molecule has 2 aromatic rings. The van der Waals surface area contributed by atoms with Crippen LogP contribution in [0.4, 0.5) is 11.4 Å². The number of benzene rings is 1. The molecule has 0 N–H and O–H groups in total. The molecular weight excluding hydrogens is 362 g/mol. The van der Waals surface area contributed by atoms with Crippen molar-refractivity contribution in [1.82, 2.24) is 14.7 Å². The number of nitro groups is 1. The lowest BCUT2D eigenvalue weighted by Gasteiger charge is -2.35. The minimum absolute atomic E-state index is 0.0583. The first kappa shape index (κ1) is 17.9. The Bertz CT molecular complexity index is 921. The maximum absolute atomic E-state index is 12.5. The number of anilines is 1. The molecule has 1 aromatic carbocycles. The maximum atomic E-state index is 12.5. The summed E-state index contributed by atoms with van der Waals surface area (Å²) in [4.78, 5) is 38.2. The quantitative estimate of drug-likeness (QED) is 0.590. The fourth-order valence-electron chi connectivity index (χ4n) is 2.84. The van der Waals surface area contributed by atoms with E-state index < -0.39 is 4.92 Å². The highest BCUT2D eigenvalue weighted by Crippen LogP contribution is 2.31. The molecule has 1 saturated heterocycles. The summed E-state index contributed by atoms with van der Waals surface area (Å²) in [6.07, 6.45) is 0. The molecule has 0 saturated carbocycles. The molecule has 3 rings (SSSR count). The summed E-state index contributed by atoms with van der Waals surface area (Å²) in [7, 11) is 1.48. The van der Waals surface area contributed by atoms with Gasteiger partial charge in [0.05, 0.1) is 4.92 Å². The van der Waals surface area contributed by atoms with Gasteiger partial charge in [0, 0.05) is 50.4 Å². The molecule has 1 amide bonds. The Hall–Kier alpha value is -2.94. The van der Waals surface area contributed by atoms with Gasteiger partial charge in [0.25, 0.3) is 17.2 Å². The van der Waals surface area contributed by atoms with Gasteiger partial charge in [-0.05, 0) is 18.2 Å². The van der Waals surface area contributed by atoms with Crippen LogP contribution in [0.3, 0.4) is 0 Å². The van der Waals surface area contributed by atoms with E-state index in [9.17, 15) is 19.7 Å². The van der Waals surface area contributed by atoms with Gasteiger partial charge in [-0.15, -0.1) is 0 Å². The molecule has 136 valence electrons. The van der Waals surface area contributed by atoms with Crippen LogP contribution >= 0.6 is 11.6 Å². The third-order valence-electron chi connectivity index (χ3n) is 4.22. The molecule has 1 aliphatic rings. The fourth-order valence-corrected chi connectivity index (χ4v) is 3.01. The first-order valence-electron chi connectivity index (χ1n) is 7.89. The number of carbonyl (C=O) groups excluding carboxylic acids is 1. The van der Waals surface area contributed by atoms with Crippen LogP contribution in [0.5, 0.6) is 0 Å². The summed E-state index contributed by atoms with van der Waals surface area (Å²) in [5.41, 5.74) is 0.322. The molecule has 1 aliphatic heterocycles. The zero-order chi connectivity index (χ0) is 18.8. The Balaban J connectivity index is 1.73. The molecule has 0 atom stereocenters. The predicted octanol–water partition coefficient (Wildman–Crippen LogP) is 1.30. The summed E-state index contributed by atoms with van der Waals surface area (Å²) in [6.45, 7) is 1.67. The lowest BCUT2D eigenvalue weighted by molar-refractivity contribution is -0.384. The third kappa shape index (κ3) is 3.52. The lowest BCUT2D eigenvalue weighted by atomic mass is 10.2. The number of aryl methyl sites for hydroxylation is 1. The number of nitro benzene ring substituents is 1. The summed E-state index contributed by atoms with van der Waals surface area (Å²) in [5, 5.41) is 15.5. The average Bonchev–Trinajstić information content (AvgIpc) is 2.63. The predicted molar refractivity (Wildman–Crippen MR) is 95.7 cm³/mol. The van der Waals surface area contributed by atoms with Crippen LogP contribution in [0.25, 0.3) is 0 Å². The van der Waals surface area contributed by atoms with Gasteiger partial charge in [-0.25, -0.2) is 4.68 Å². The summed E-state index contributed by atoms with van der Waals surface area (Å²) in [6, 6.07) is 7.25. The van der Waals surface area contributed by atoms with Crippen molar-refractivity contribution in [1.29, 1.82) is 0 Å². The zero-order valence-corrected chi connectivity index (χ0v) is 14.7. The Morgan fingerprint density at radius 3 is 2.50 bits per heavy atom. The minimum atomic E-state index is -0.465. The van der Waals surface area contributed by atoms with Crippen molar-refractivity contribution in [2.45, 2.75) is 0 Å². The van der Waals surface area contributed by atoms with Crippen LogP contribution in [-0.4, -0.2) is 51.7 Å². The highest BCUT2D eigenvalue weighted by atomic mass is 35.5. The summed E-state index contributed by atoms with van der Waals surface area (Å²) in [5.74, 6) is -0.272. The highest BCUT2D eigenvalue weighted by molar-refractivity contribution is 6.30. The van der Waals surface area contributed by atoms with E-state index in [0.29, 0.717) is 36.9 Å². The van der Waals surface area contributed by atoms with Crippen LogP contribution < -0.4 is 10.5 Å². The highest BCUT2D eigenvalue weighted by Gasteiger charge is 2.27. The van der Waals surface area contributed by atoms with E-state index in [1.165, 1.54) is 25.2 Å². The standard InChI is InChI=1S/C16H16ClN5O4/c1-19-15(23)5-3-12(18-19)16(24)21-8-6-20(7-9-21)13-4-2-11(17)10-14(13)22(25)26/h2-5,10H,6-9H2,1H3. The van der Waals surface area contributed by atoms with Crippen molar-refractivity contribution < 1.29 is 9.72 Å². The number of amides is 1. The first-order chi connectivity index (χ1) is 12.4. The molecule has 0 aliphatic carbocycles. The number of piperazine rings is 1. The van der Waals surface area contributed by atoms with E-state index in [2.05, 4.69) is 5.10 Å². The normalized spacial score (nSPS) is 14.4. The van der Waals surface area contributed by atoms with E-state index >= 15 is 0 Å². The SMILES string of the molecule is Cn1nc(C(=O)N2CCN(c3ccc(Cl)cc3[N+](=O)[O-])CC2)ccc1=O.